The molecule has 0 amide bonds. The Kier molecular flexibility index (Phi) is 2.08. The zero-order chi connectivity index (χ0) is 11.7. The fourth-order valence-electron chi connectivity index (χ4n) is 1.38. The molecule has 0 aliphatic carbocycles. The van der Waals surface area contributed by atoms with Crippen LogP contribution in [0.4, 0.5) is 0 Å². The lowest BCUT2D eigenvalue weighted by atomic mass is 10.3. The number of hydrogen-bond acceptors (Lipinski definition) is 6. The molecule has 1 aromatic carbocycles. The van der Waals surface area contributed by atoms with E-state index in [0.717, 1.165) is 0 Å². The van der Waals surface area contributed by atoms with E-state index in [4.69, 9.17) is 4.74 Å². The van der Waals surface area contributed by atoms with Gasteiger partial charge in [0.25, 0.3) is 0 Å². The Hall–Kier alpha value is -2.70. The van der Waals surface area contributed by atoms with Gasteiger partial charge in [-0.2, -0.15) is 4.52 Å². The molecule has 7 heteroatoms. The van der Waals surface area contributed by atoms with Crippen LogP contribution in [0.3, 0.4) is 0 Å². The molecule has 0 fully saturated rings. The predicted molar refractivity (Wildman–Crippen MR) is 56.8 cm³/mol. The molecule has 2 heterocycles. The maximum Gasteiger partial charge on any atom is 0.242 e. The summed E-state index contributed by atoms with van der Waals surface area (Å²) >= 11 is 0. The molecule has 7 nitrogen and oxygen atoms in total. The van der Waals surface area contributed by atoms with Gasteiger partial charge in [0.1, 0.15) is 0 Å². The van der Waals surface area contributed by atoms with Gasteiger partial charge in [-0.05, 0) is 22.6 Å². The number of phenolic OH excluding ortho intramolecular Hbond substituents is 1. The highest BCUT2D eigenvalue weighted by Gasteiger charge is 2.08. The molecule has 3 aromatic rings. The normalized spacial score (nSPS) is 10.6. The van der Waals surface area contributed by atoms with Crippen LogP contribution in [0.5, 0.6) is 17.4 Å². The molecule has 0 aliphatic rings. The standard InChI is InChI=1S/C10H7N5O2/c16-7-3-1-2-4-8(7)17-10-6-11-5-9-12-13-14-15(9)10/h1-6,16H. The third kappa shape index (κ3) is 1.63. The fraction of sp³-hybridized carbons (Fsp3) is 0. The number of para-hydroxylation sites is 2. The van der Waals surface area contributed by atoms with E-state index < -0.39 is 0 Å². The van der Waals surface area contributed by atoms with Crippen LogP contribution in [0.2, 0.25) is 0 Å². The van der Waals surface area contributed by atoms with E-state index >= 15 is 0 Å². The predicted octanol–water partition coefficient (Wildman–Crippen LogP) is 1.02. The van der Waals surface area contributed by atoms with E-state index in [1.165, 1.54) is 23.0 Å². The number of rotatable bonds is 2. The van der Waals surface area contributed by atoms with E-state index in [1.807, 2.05) is 0 Å². The van der Waals surface area contributed by atoms with Gasteiger partial charge < -0.3 is 9.84 Å². The van der Waals surface area contributed by atoms with Crippen molar-refractivity contribution in [1.82, 2.24) is 25.0 Å². The number of hydrogen-bond donors (Lipinski definition) is 1. The third-order valence-corrected chi connectivity index (χ3v) is 2.16. The highest BCUT2D eigenvalue weighted by molar-refractivity contribution is 5.41. The first-order chi connectivity index (χ1) is 8.34. The Morgan fingerprint density at radius 1 is 1.18 bits per heavy atom. The number of aromatic hydroxyl groups is 1. The minimum Gasteiger partial charge on any atom is -0.504 e. The van der Waals surface area contributed by atoms with Gasteiger partial charge in [-0.1, -0.05) is 12.1 Å². The Bertz CT molecular complexity index is 666. The van der Waals surface area contributed by atoms with Crippen molar-refractivity contribution >= 4 is 5.65 Å². The van der Waals surface area contributed by atoms with Crippen molar-refractivity contribution in [1.29, 1.82) is 0 Å². The molecular formula is C10H7N5O2. The second-order valence-electron chi connectivity index (χ2n) is 3.26. The molecule has 0 aliphatic heterocycles. The van der Waals surface area contributed by atoms with Crippen LogP contribution in [0.15, 0.2) is 36.7 Å². The lowest BCUT2D eigenvalue weighted by Crippen LogP contribution is -1.96. The van der Waals surface area contributed by atoms with Crippen LogP contribution >= 0.6 is 0 Å². The Morgan fingerprint density at radius 3 is 2.94 bits per heavy atom. The smallest absolute Gasteiger partial charge is 0.242 e. The monoisotopic (exact) mass is 229 g/mol. The van der Waals surface area contributed by atoms with E-state index in [0.29, 0.717) is 17.3 Å². The Morgan fingerprint density at radius 2 is 2.06 bits per heavy atom. The van der Waals surface area contributed by atoms with E-state index in [1.54, 1.807) is 18.2 Å². The molecule has 0 atom stereocenters. The maximum atomic E-state index is 9.59. The number of phenols is 1. The Balaban J connectivity index is 2.06. The van der Waals surface area contributed by atoms with Gasteiger partial charge in [0.15, 0.2) is 11.5 Å². The van der Waals surface area contributed by atoms with Crippen LogP contribution in [0, 0.1) is 0 Å². The first-order valence-electron chi connectivity index (χ1n) is 4.82. The quantitative estimate of drug-likeness (QED) is 0.706. The molecule has 0 bridgehead atoms. The van der Waals surface area contributed by atoms with Gasteiger partial charge in [-0.25, -0.2) is 0 Å². The van der Waals surface area contributed by atoms with E-state index in [9.17, 15) is 5.11 Å². The summed E-state index contributed by atoms with van der Waals surface area (Å²) in [6, 6.07) is 6.63. The van der Waals surface area contributed by atoms with Crippen molar-refractivity contribution < 1.29 is 9.84 Å². The van der Waals surface area contributed by atoms with Gasteiger partial charge in [-0.15, -0.1) is 5.10 Å². The SMILES string of the molecule is Oc1ccccc1Oc1cncc2nnnn12. The van der Waals surface area contributed by atoms with Crippen LogP contribution < -0.4 is 4.74 Å². The second-order valence-corrected chi connectivity index (χ2v) is 3.26. The van der Waals surface area contributed by atoms with Crippen LogP contribution in [-0.2, 0) is 0 Å². The topological polar surface area (TPSA) is 85.4 Å². The van der Waals surface area contributed by atoms with Crippen LogP contribution in [0.1, 0.15) is 0 Å². The summed E-state index contributed by atoms with van der Waals surface area (Å²) in [5.74, 6) is 0.684. The fourth-order valence-corrected chi connectivity index (χ4v) is 1.38. The van der Waals surface area contributed by atoms with Crippen molar-refractivity contribution in [2.45, 2.75) is 0 Å². The van der Waals surface area contributed by atoms with E-state index in [2.05, 4.69) is 20.5 Å². The highest BCUT2D eigenvalue weighted by atomic mass is 16.5. The van der Waals surface area contributed by atoms with Gasteiger partial charge in [0.2, 0.25) is 11.5 Å². The molecule has 0 radical (unpaired) electrons. The first-order valence-corrected chi connectivity index (χ1v) is 4.82. The lowest BCUT2D eigenvalue weighted by Gasteiger charge is -2.06. The number of tetrazole rings is 1. The average Bonchev–Trinajstić information content (AvgIpc) is 2.81. The number of aromatic nitrogens is 5. The summed E-state index contributed by atoms with van der Waals surface area (Å²) in [7, 11) is 0. The van der Waals surface area contributed by atoms with Crippen molar-refractivity contribution in [2.24, 2.45) is 0 Å². The van der Waals surface area contributed by atoms with Gasteiger partial charge in [0, 0.05) is 0 Å². The number of fused-ring (bicyclic) bond motifs is 1. The van der Waals surface area contributed by atoms with Gasteiger partial charge in [0.05, 0.1) is 12.4 Å². The summed E-state index contributed by atoms with van der Waals surface area (Å²) in [6.45, 7) is 0. The van der Waals surface area contributed by atoms with Crippen molar-refractivity contribution in [3.63, 3.8) is 0 Å². The summed E-state index contributed by atoms with van der Waals surface area (Å²) < 4.78 is 6.88. The average molecular weight is 229 g/mol. The van der Waals surface area contributed by atoms with Gasteiger partial charge in [-0.3, -0.25) is 4.98 Å². The summed E-state index contributed by atoms with van der Waals surface area (Å²) in [5.41, 5.74) is 0.470. The second kappa shape index (κ2) is 3.71. The Labute approximate surface area is 95.3 Å². The molecule has 84 valence electrons. The number of ether oxygens (including phenoxy) is 1. The molecule has 17 heavy (non-hydrogen) atoms. The van der Waals surface area contributed by atoms with Crippen LogP contribution in [-0.4, -0.2) is 30.1 Å². The number of benzene rings is 1. The summed E-state index contributed by atoms with van der Waals surface area (Å²) in [6.07, 6.45) is 2.98. The molecule has 1 N–H and O–H groups in total. The van der Waals surface area contributed by atoms with Crippen LogP contribution in [0.25, 0.3) is 5.65 Å². The molecule has 3 rings (SSSR count). The highest BCUT2D eigenvalue weighted by Crippen LogP contribution is 2.29. The van der Waals surface area contributed by atoms with E-state index in [-0.39, 0.29) is 5.75 Å². The molecule has 0 saturated carbocycles. The molecular weight excluding hydrogens is 222 g/mol. The molecule has 0 spiro atoms. The minimum atomic E-state index is 0.0394. The van der Waals surface area contributed by atoms with Crippen molar-refractivity contribution in [3.8, 4) is 17.4 Å². The first kappa shape index (κ1) is 9.52. The molecule has 0 unspecified atom stereocenters. The maximum absolute atomic E-state index is 9.59. The van der Waals surface area contributed by atoms with Crippen molar-refractivity contribution in [3.05, 3.63) is 36.7 Å². The zero-order valence-corrected chi connectivity index (χ0v) is 8.56. The van der Waals surface area contributed by atoms with Gasteiger partial charge >= 0.3 is 0 Å². The minimum absolute atomic E-state index is 0.0394. The lowest BCUT2D eigenvalue weighted by molar-refractivity contribution is 0.393. The molecule has 2 aromatic heterocycles. The summed E-state index contributed by atoms with van der Waals surface area (Å²) in [5, 5.41) is 20.6. The third-order valence-electron chi connectivity index (χ3n) is 2.16. The largest absolute Gasteiger partial charge is 0.504 e. The zero-order valence-electron chi connectivity index (χ0n) is 8.56. The summed E-state index contributed by atoms with van der Waals surface area (Å²) in [4.78, 5) is 3.94. The van der Waals surface area contributed by atoms with Crippen molar-refractivity contribution in [2.75, 3.05) is 0 Å². The molecule has 0 saturated heterocycles. The number of nitrogens with zero attached hydrogens (tertiary/aromatic N) is 5.